The fourth-order valence-electron chi connectivity index (χ4n) is 3.55. The molecule has 0 bridgehead atoms. The quantitative estimate of drug-likeness (QED) is 0.635. The minimum atomic E-state index is 0. The molecule has 2 rings (SSSR count). The molecule has 0 aromatic carbocycles. The van der Waals surface area contributed by atoms with E-state index in [-0.39, 0.29) is 23.9 Å². The molecule has 2 fully saturated rings. The number of ether oxygens (including phenoxy) is 2. The topological polar surface area (TPSA) is 62.8 Å². The number of hydrogen-bond acceptors (Lipinski definition) is 5. The zero-order chi connectivity index (χ0) is 15.7. The van der Waals surface area contributed by atoms with E-state index in [4.69, 9.17) is 9.47 Å². The normalized spacial score (nSPS) is 21.4. The fraction of sp³-hybridized carbons (Fsp3) is 0.938. The van der Waals surface area contributed by atoms with Crippen molar-refractivity contribution < 1.29 is 14.3 Å². The highest BCUT2D eigenvalue weighted by atomic mass is 35.5. The Bertz CT molecular complexity index is 333. The van der Waals surface area contributed by atoms with Crippen molar-refractivity contribution in [1.82, 2.24) is 15.5 Å². The van der Waals surface area contributed by atoms with Crippen molar-refractivity contribution in [2.45, 2.75) is 37.6 Å². The van der Waals surface area contributed by atoms with Gasteiger partial charge in [-0.1, -0.05) is 19.3 Å². The van der Waals surface area contributed by atoms with Crippen LogP contribution in [0.3, 0.4) is 0 Å². The van der Waals surface area contributed by atoms with Gasteiger partial charge in [-0.3, -0.25) is 9.69 Å². The van der Waals surface area contributed by atoms with E-state index in [0.29, 0.717) is 19.7 Å². The maximum atomic E-state index is 12.0. The predicted octanol–water partition coefficient (Wildman–Crippen LogP) is 0.796. The van der Waals surface area contributed by atoms with Crippen molar-refractivity contribution >= 4 is 18.3 Å². The van der Waals surface area contributed by atoms with Crippen LogP contribution >= 0.6 is 12.4 Å². The van der Waals surface area contributed by atoms with Crippen molar-refractivity contribution in [3.8, 4) is 0 Å². The van der Waals surface area contributed by atoms with E-state index in [2.05, 4.69) is 15.5 Å². The highest BCUT2D eigenvalue weighted by Crippen LogP contribution is 2.33. The molecule has 2 aliphatic rings. The van der Waals surface area contributed by atoms with Crippen molar-refractivity contribution in [2.24, 2.45) is 0 Å². The van der Waals surface area contributed by atoms with Gasteiger partial charge in [0, 0.05) is 38.8 Å². The number of morpholine rings is 1. The van der Waals surface area contributed by atoms with Crippen molar-refractivity contribution in [3.05, 3.63) is 0 Å². The highest BCUT2D eigenvalue weighted by Gasteiger charge is 2.38. The minimum Gasteiger partial charge on any atom is -0.383 e. The van der Waals surface area contributed by atoms with E-state index in [0.717, 1.165) is 32.8 Å². The monoisotopic (exact) mass is 349 g/mol. The van der Waals surface area contributed by atoms with Crippen LogP contribution in [0.15, 0.2) is 0 Å². The van der Waals surface area contributed by atoms with Gasteiger partial charge in [0.2, 0.25) is 5.91 Å². The first-order valence-electron chi connectivity index (χ1n) is 8.56. The van der Waals surface area contributed by atoms with Crippen LogP contribution < -0.4 is 10.6 Å². The summed E-state index contributed by atoms with van der Waals surface area (Å²) in [5.74, 6) is 0.0781. The third-order valence-corrected chi connectivity index (χ3v) is 4.85. The van der Waals surface area contributed by atoms with Gasteiger partial charge in [0.05, 0.1) is 26.4 Å². The van der Waals surface area contributed by atoms with Crippen LogP contribution in [0, 0.1) is 0 Å². The molecule has 0 atom stereocenters. The standard InChI is InChI=1S/C16H31N3O3.ClH/c1-21-10-7-17-13-15(20)18-14-16(5-3-2-4-6-16)19-8-11-22-12-9-19;/h17H,2-14H2,1H3,(H,18,20);1H. The average molecular weight is 350 g/mol. The summed E-state index contributed by atoms with van der Waals surface area (Å²) in [6.07, 6.45) is 6.21. The molecule has 1 saturated carbocycles. The number of halogens is 1. The summed E-state index contributed by atoms with van der Waals surface area (Å²) >= 11 is 0. The van der Waals surface area contributed by atoms with Gasteiger partial charge in [0.1, 0.15) is 0 Å². The Hall–Kier alpha value is -0.400. The number of methoxy groups -OCH3 is 1. The zero-order valence-electron chi connectivity index (χ0n) is 14.3. The first-order valence-corrected chi connectivity index (χ1v) is 8.56. The summed E-state index contributed by atoms with van der Waals surface area (Å²) in [4.78, 5) is 14.6. The number of carbonyl (C=O) groups excluding carboxylic acids is 1. The van der Waals surface area contributed by atoms with Gasteiger partial charge in [-0.15, -0.1) is 12.4 Å². The Balaban J connectivity index is 0.00000264. The smallest absolute Gasteiger partial charge is 0.234 e. The Morgan fingerprint density at radius 3 is 2.57 bits per heavy atom. The van der Waals surface area contributed by atoms with Crippen LogP contribution in [-0.2, 0) is 14.3 Å². The molecular formula is C16H32ClN3O3. The van der Waals surface area contributed by atoms with Gasteiger partial charge in [-0.25, -0.2) is 0 Å². The predicted molar refractivity (Wildman–Crippen MR) is 93.2 cm³/mol. The second-order valence-electron chi connectivity index (χ2n) is 6.33. The molecular weight excluding hydrogens is 318 g/mol. The van der Waals surface area contributed by atoms with Gasteiger partial charge in [0.25, 0.3) is 0 Å². The fourth-order valence-corrected chi connectivity index (χ4v) is 3.55. The highest BCUT2D eigenvalue weighted by molar-refractivity contribution is 5.85. The molecule has 23 heavy (non-hydrogen) atoms. The average Bonchev–Trinajstić information content (AvgIpc) is 2.58. The molecule has 7 heteroatoms. The van der Waals surface area contributed by atoms with Crippen LogP contribution in [0.1, 0.15) is 32.1 Å². The summed E-state index contributed by atoms with van der Waals surface area (Å²) in [6, 6.07) is 0. The molecule has 136 valence electrons. The van der Waals surface area contributed by atoms with E-state index in [1.807, 2.05) is 0 Å². The molecule has 1 aliphatic carbocycles. The second kappa shape index (κ2) is 11.2. The van der Waals surface area contributed by atoms with Crippen LogP contribution in [0.25, 0.3) is 0 Å². The molecule has 0 spiro atoms. The molecule has 2 N–H and O–H groups in total. The lowest BCUT2D eigenvalue weighted by atomic mass is 9.79. The van der Waals surface area contributed by atoms with E-state index < -0.39 is 0 Å². The van der Waals surface area contributed by atoms with E-state index in [1.165, 1.54) is 32.1 Å². The number of nitrogens with zero attached hydrogens (tertiary/aromatic N) is 1. The summed E-state index contributed by atoms with van der Waals surface area (Å²) < 4.78 is 10.4. The second-order valence-corrected chi connectivity index (χ2v) is 6.33. The first-order chi connectivity index (χ1) is 10.8. The molecule has 0 aromatic heterocycles. The minimum absolute atomic E-state index is 0. The van der Waals surface area contributed by atoms with Crippen LogP contribution in [0.5, 0.6) is 0 Å². The van der Waals surface area contributed by atoms with Gasteiger partial charge >= 0.3 is 0 Å². The summed E-state index contributed by atoms with van der Waals surface area (Å²) in [6.45, 7) is 6.07. The van der Waals surface area contributed by atoms with Crippen LogP contribution in [0.2, 0.25) is 0 Å². The van der Waals surface area contributed by atoms with Crippen LogP contribution in [-0.4, -0.2) is 76.0 Å². The number of nitrogens with one attached hydrogen (secondary N) is 2. The maximum Gasteiger partial charge on any atom is 0.234 e. The Labute approximate surface area is 146 Å². The molecule has 0 aromatic rings. The van der Waals surface area contributed by atoms with Crippen LogP contribution in [0.4, 0.5) is 0 Å². The number of rotatable bonds is 8. The Morgan fingerprint density at radius 2 is 1.91 bits per heavy atom. The Kier molecular flexibility index (Phi) is 10.1. The first kappa shape index (κ1) is 20.6. The third kappa shape index (κ3) is 6.55. The van der Waals surface area contributed by atoms with Gasteiger partial charge in [-0.2, -0.15) is 0 Å². The van der Waals surface area contributed by atoms with Gasteiger partial charge < -0.3 is 20.1 Å². The molecule has 0 radical (unpaired) electrons. The lowest BCUT2D eigenvalue weighted by molar-refractivity contribution is -0.121. The molecule has 0 unspecified atom stereocenters. The molecule has 1 saturated heterocycles. The molecule has 1 heterocycles. The molecule has 1 aliphatic heterocycles. The third-order valence-electron chi connectivity index (χ3n) is 4.85. The number of hydrogen-bond donors (Lipinski definition) is 2. The van der Waals surface area contributed by atoms with E-state index in [1.54, 1.807) is 7.11 Å². The van der Waals surface area contributed by atoms with E-state index in [9.17, 15) is 4.79 Å². The number of carbonyl (C=O) groups is 1. The molecule has 1 amide bonds. The lowest BCUT2D eigenvalue weighted by Gasteiger charge is -2.48. The van der Waals surface area contributed by atoms with Crippen molar-refractivity contribution in [1.29, 1.82) is 0 Å². The maximum absolute atomic E-state index is 12.0. The lowest BCUT2D eigenvalue weighted by Crippen LogP contribution is -2.60. The van der Waals surface area contributed by atoms with Crippen molar-refractivity contribution in [2.75, 3.05) is 59.7 Å². The summed E-state index contributed by atoms with van der Waals surface area (Å²) in [7, 11) is 1.66. The van der Waals surface area contributed by atoms with E-state index >= 15 is 0 Å². The zero-order valence-corrected chi connectivity index (χ0v) is 15.1. The molecule has 6 nitrogen and oxygen atoms in total. The SMILES string of the molecule is COCCNCC(=O)NCC1(N2CCOCC2)CCCCC1.Cl. The Morgan fingerprint density at radius 1 is 1.22 bits per heavy atom. The van der Waals surface area contributed by atoms with Crippen molar-refractivity contribution in [3.63, 3.8) is 0 Å². The largest absolute Gasteiger partial charge is 0.383 e. The van der Waals surface area contributed by atoms with Gasteiger partial charge in [0.15, 0.2) is 0 Å². The summed E-state index contributed by atoms with van der Waals surface area (Å²) in [5, 5.41) is 6.24. The number of amides is 1. The van der Waals surface area contributed by atoms with Gasteiger partial charge in [-0.05, 0) is 12.8 Å². The summed E-state index contributed by atoms with van der Waals surface area (Å²) in [5.41, 5.74) is 0.143.